The van der Waals surface area contributed by atoms with Crippen molar-refractivity contribution in [3.05, 3.63) is 53.9 Å². The zero-order valence-electron chi connectivity index (χ0n) is 14.8. The molecule has 2 aromatic rings. The molecule has 0 saturated carbocycles. The molecule has 0 aliphatic carbocycles. The molecule has 24 heavy (non-hydrogen) atoms. The third-order valence-corrected chi connectivity index (χ3v) is 3.83. The summed E-state index contributed by atoms with van der Waals surface area (Å²) in [7, 11) is 3.89. The van der Waals surface area contributed by atoms with Gasteiger partial charge in [-0.1, -0.05) is 31.2 Å². The van der Waals surface area contributed by atoms with E-state index in [9.17, 15) is 0 Å². The van der Waals surface area contributed by atoms with Gasteiger partial charge in [0, 0.05) is 46.1 Å². The standard InChI is InChI=1S/C18H27N5.HI/c1-4-16-7-9-17(10-8-16)15-22(3)18(19-2)20-11-5-13-23-14-6-12-21-23;/h6-10,12,14H,4-5,11,13,15H2,1-3H3,(H,19,20);1H. The Balaban J connectivity index is 0.00000288. The van der Waals surface area contributed by atoms with E-state index in [1.54, 1.807) is 0 Å². The molecule has 1 N–H and O–H groups in total. The summed E-state index contributed by atoms with van der Waals surface area (Å²) >= 11 is 0. The molecule has 0 bridgehead atoms. The number of hydrogen-bond donors (Lipinski definition) is 1. The molecule has 2 rings (SSSR count). The summed E-state index contributed by atoms with van der Waals surface area (Å²) in [5, 5.41) is 7.62. The molecule has 5 nitrogen and oxygen atoms in total. The summed E-state index contributed by atoms with van der Waals surface area (Å²) in [5.41, 5.74) is 2.67. The highest BCUT2D eigenvalue weighted by molar-refractivity contribution is 14.0. The highest BCUT2D eigenvalue weighted by Gasteiger charge is 2.06. The summed E-state index contributed by atoms with van der Waals surface area (Å²) in [6.45, 7) is 4.82. The van der Waals surface area contributed by atoms with Crippen LogP contribution >= 0.6 is 24.0 Å². The third-order valence-electron chi connectivity index (χ3n) is 3.83. The number of aliphatic imine (C=N–C) groups is 1. The molecule has 6 heteroatoms. The molecule has 0 amide bonds. The maximum absolute atomic E-state index is 4.36. The van der Waals surface area contributed by atoms with Crippen molar-refractivity contribution in [1.82, 2.24) is 20.0 Å². The van der Waals surface area contributed by atoms with Crippen LogP contribution in [0.3, 0.4) is 0 Å². The number of rotatable bonds is 7. The highest BCUT2D eigenvalue weighted by atomic mass is 127. The fourth-order valence-electron chi connectivity index (χ4n) is 2.49. The van der Waals surface area contributed by atoms with E-state index in [1.165, 1.54) is 11.1 Å². The first-order valence-corrected chi connectivity index (χ1v) is 8.20. The number of halogens is 1. The first kappa shape index (κ1) is 20.5. The lowest BCUT2D eigenvalue weighted by Crippen LogP contribution is -2.39. The average molecular weight is 441 g/mol. The van der Waals surface area contributed by atoms with Gasteiger partial charge in [0.1, 0.15) is 0 Å². The van der Waals surface area contributed by atoms with Crippen molar-refractivity contribution in [2.45, 2.75) is 32.9 Å². The van der Waals surface area contributed by atoms with E-state index in [0.717, 1.165) is 38.4 Å². The molecule has 0 radical (unpaired) electrons. The largest absolute Gasteiger partial charge is 0.356 e. The maximum Gasteiger partial charge on any atom is 0.193 e. The Bertz CT molecular complexity index is 592. The van der Waals surface area contributed by atoms with Gasteiger partial charge in [0.05, 0.1) is 0 Å². The molecule has 1 aromatic heterocycles. The van der Waals surface area contributed by atoms with Gasteiger partial charge >= 0.3 is 0 Å². The lowest BCUT2D eigenvalue weighted by atomic mass is 10.1. The maximum atomic E-state index is 4.36. The third kappa shape index (κ3) is 6.51. The van der Waals surface area contributed by atoms with Crippen molar-refractivity contribution >= 4 is 29.9 Å². The van der Waals surface area contributed by atoms with E-state index < -0.39 is 0 Å². The summed E-state index contributed by atoms with van der Waals surface area (Å²) < 4.78 is 1.95. The number of nitrogens with zero attached hydrogens (tertiary/aromatic N) is 4. The van der Waals surface area contributed by atoms with E-state index in [-0.39, 0.29) is 24.0 Å². The quantitative estimate of drug-likeness (QED) is 0.311. The molecular formula is C18H28IN5. The predicted octanol–water partition coefficient (Wildman–Crippen LogP) is 3.16. The summed E-state index contributed by atoms with van der Waals surface area (Å²) in [6.07, 6.45) is 5.89. The van der Waals surface area contributed by atoms with Crippen LogP contribution in [-0.4, -0.2) is 41.3 Å². The van der Waals surface area contributed by atoms with Crippen LogP contribution in [0.15, 0.2) is 47.7 Å². The Kier molecular flexibility index (Phi) is 9.44. The zero-order chi connectivity index (χ0) is 16.5. The van der Waals surface area contributed by atoms with Crippen molar-refractivity contribution in [2.75, 3.05) is 20.6 Å². The first-order valence-electron chi connectivity index (χ1n) is 8.20. The zero-order valence-corrected chi connectivity index (χ0v) is 17.1. The minimum absolute atomic E-state index is 0. The van der Waals surface area contributed by atoms with Crippen LogP contribution in [0.5, 0.6) is 0 Å². The van der Waals surface area contributed by atoms with Crippen molar-refractivity contribution in [1.29, 1.82) is 0 Å². The van der Waals surface area contributed by atoms with Crippen LogP contribution in [0, 0.1) is 0 Å². The summed E-state index contributed by atoms with van der Waals surface area (Å²) in [6, 6.07) is 10.7. The van der Waals surface area contributed by atoms with Crippen LogP contribution in [0.4, 0.5) is 0 Å². The van der Waals surface area contributed by atoms with Crippen LogP contribution in [0.1, 0.15) is 24.5 Å². The van der Waals surface area contributed by atoms with Gasteiger partial charge in [-0.15, -0.1) is 24.0 Å². The van der Waals surface area contributed by atoms with Gasteiger partial charge in [-0.2, -0.15) is 5.10 Å². The number of aromatic nitrogens is 2. The van der Waals surface area contributed by atoms with Gasteiger partial charge < -0.3 is 10.2 Å². The molecule has 1 aromatic carbocycles. The molecule has 1 heterocycles. The van der Waals surface area contributed by atoms with Crippen LogP contribution < -0.4 is 5.32 Å². The topological polar surface area (TPSA) is 45.5 Å². The number of guanidine groups is 1. The predicted molar refractivity (Wildman–Crippen MR) is 111 cm³/mol. The Hall–Kier alpha value is -1.57. The molecule has 0 aliphatic rings. The van der Waals surface area contributed by atoms with Gasteiger partial charge in [0.25, 0.3) is 0 Å². The smallest absolute Gasteiger partial charge is 0.193 e. The molecule has 0 unspecified atom stereocenters. The fourth-order valence-corrected chi connectivity index (χ4v) is 2.49. The second kappa shape index (κ2) is 11.1. The monoisotopic (exact) mass is 441 g/mol. The van der Waals surface area contributed by atoms with Crippen molar-refractivity contribution < 1.29 is 0 Å². The Morgan fingerprint density at radius 3 is 2.54 bits per heavy atom. The van der Waals surface area contributed by atoms with Gasteiger partial charge in [-0.25, -0.2) is 0 Å². The lowest BCUT2D eigenvalue weighted by Gasteiger charge is -2.22. The molecule has 0 aliphatic heterocycles. The molecule has 0 saturated heterocycles. The Morgan fingerprint density at radius 2 is 1.96 bits per heavy atom. The minimum atomic E-state index is 0. The lowest BCUT2D eigenvalue weighted by molar-refractivity contribution is 0.471. The first-order chi connectivity index (χ1) is 11.2. The van der Waals surface area contributed by atoms with Gasteiger partial charge in [-0.3, -0.25) is 9.67 Å². The molecule has 0 atom stereocenters. The van der Waals surface area contributed by atoms with E-state index in [0.29, 0.717) is 0 Å². The molecule has 132 valence electrons. The van der Waals surface area contributed by atoms with Crippen LogP contribution in [-0.2, 0) is 19.5 Å². The summed E-state index contributed by atoms with van der Waals surface area (Å²) in [5.74, 6) is 0.921. The number of benzene rings is 1. The van der Waals surface area contributed by atoms with Crippen LogP contribution in [0.2, 0.25) is 0 Å². The molecular weight excluding hydrogens is 413 g/mol. The summed E-state index contributed by atoms with van der Waals surface area (Å²) in [4.78, 5) is 6.51. The average Bonchev–Trinajstić information content (AvgIpc) is 3.09. The minimum Gasteiger partial charge on any atom is -0.356 e. The molecule has 0 fully saturated rings. The van der Waals surface area contributed by atoms with Crippen molar-refractivity contribution in [2.24, 2.45) is 4.99 Å². The second-order valence-electron chi connectivity index (χ2n) is 5.62. The molecule has 0 spiro atoms. The van der Waals surface area contributed by atoms with E-state index >= 15 is 0 Å². The van der Waals surface area contributed by atoms with Crippen LogP contribution in [0.25, 0.3) is 0 Å². The highest BCUT2D eigenvalue weighted by Crippen LogP contribution is 2.07. The SMILES string of the molecule is CCc1ccc(CN(C)C(=NC)NCCCn2cccn2)cc1.I. The number of hydrogen-bond acceptors (Lipinski definition) is 2. The van der Waals surface area contributed by atoms with Gasteiger partial charge in [0.15, 0.2) is 5.96 Å². The van der Waals surface area contributed by atoms with Crippen molar-refractivity contribution in [3.8, 4) is 0 Å². The van der Waals surface area contributed by atoms with E-state index in [2.05, 4.69) is 58.5 Å². The van der Waals surface area contributed by atoms with Crippen molar-refractivity contribution in [3.63, 3.8) is 0 Å². The second-order valence-corrected chi connectivity index (χ2v) is 5.62. The Labute approximate surface area is 162 Å². The van der Waals surface area contributed by atoms with E-state index in [1.807, 2.05) is 30.2 Å². The number of aryl methyl sites for hydroxylation is 2. The van der Waals surface area contributed by atoms with E-state index in [4.69, 9.17) is 0 Å². The Morgan fingerprint density at radius 1 is 1.25 bits per heavy atom. The normalized spacial score (nSPS) is 11.0. The van der Waals surface area contributed by atoms with Gasteiger partial charge in [0.2, 0.25) is 0 Å². The fraction of sp³-hybridized carbons (Fsp3) is 0.444. The van der Waals surface area contributed by atoms with Gasteiger partial charge in [-0.05, 0) is 30.0 Å². The number of nitrogens with one attached hydrogen (secondary N) is 1.